The number of Topliss-reactive ketones (excluding diaryl/α,β-unsaturated/α-hetero) is 1. The molecule has 0 aromatic carbocycles. The average molecular weight is 156 g/mol. The van der Waals surface area contributed by atoms with E-state index < -0.39 is 0 Å². The molecule has 1 aliphatic rings. The third-order valence-corrected chi connectivity index (χ3v) is 2.36. The molecule has 3 nitrogen and oxygen atoms in total. The van der Waals surface area contributed by atoms with Crippen molar-refractivity contribution in [1.82, 2.24) is 5.32 Å². The molecule has 0 saturated carbocycles. The summed E-state index contributed by atoms with van der Waals surface area (Å²) in [5, 5.41) is 3.24. The van der Waals surface area contributed by atoms with Gasteiger partial charge in [0, 0.05) is 0 Å². The topological polar surface area (TPSA) is 55.1 Å². The fourth-order valence-corrected chi connectivity index (χ4v) is 1.54. The first-order valence-electron chi connectivity index (χ1n) is 4.18. The third kappa shape index (κ3) is 2.27. The molecule has 1 aliphatic heterocycles. The summed E-state index contributed by atoms with van der Waals surface area (Å²) in [4.78, 5) is 10.9. The molecular weight excluding hydrogens is 140 g/mol. The van der Waals surface area contributed by atoms with Gasteiger partial charge in [-0.25, -0.2) is 0 Å². The van der Waals surface area contributed by atoms with E-state index in [-0.39, 0.29) is 11.8 Å². The van der Waals surface area contributed by atoms with Crippen molar-refractivity contribution in [3.05, 3.63) is 0 Å². The van der Waals surface area contributed by atoms with Gasteiger partial charge in [0.1, 0.15) is 5.78 Å². The first-order valence-corrected chi connectivity index (χ1v) is 4.18. The molecule has 3 heteroatoms. The standard InChI is InChI=1S/C8H16N2O/c1-6(11)8(9)7-2-4-10-5-3-7/h7-8,10H,2-5,9H2,1H3/t8-/m1/s1. The number of carbonyl (C=O) groups excluding carboxylic acids is 1. The van der Waals surface area contributed by atoms with Gasteiger partial charge in [0.25, 0.3) is 0 Å². The van der Waals surface area contributed by atoms with Crippen molar-refractivity contribution in [2.75, 3.05) is 13.1 Å². The van der Waals surface area contributed by atoms with Gasteiger partial charge in [-0.3, -0.25) is 4.79 Å². The Kier molecular flexibility index (Phi) is 3.02. The first-order chi connectivity index (χ1) is 5.22. The molecule has 64 valence electrons. The molecule has 3 N–H and O–H groups in total. The Hall–Kier alpha value is -0.410. The molecule has 0 bridgehead atoms. The molecule has 0 aromatic rings. The molecule has 1 fully saturated rings. The summed E-state index contributed by atoms with van der Waals surface area (Å²) in [6.45, 7) is 3.59. The van der Waals surface area contributed by atoms with Crippen LogP contribution in [0.2, 0.25) is 0 Å². The summed E-state index contributed by atoms with van der Waals surface area (Å²) >= 11 is 0. The van der Waals surface area contributed by atoms with Crippen LogP contribution in [0.25, 0.3) is 0 Å². The first kappa shape index (κ1) is 8.68. The van der Waals surface area contributed by atoms with Crippen molar-refractivity contribution in [2.24, 2.45) is 11.7 Å². The van der Waals surface area contributed by atoms with Gasteiger partial charge in [-0.05, 0) is 38.8 Å². The smallest absolute Gasteiger partial charge is 0.146 e. The minimum atomic E-state index is -0.225. The van der Waals surface area contributed by atoms with E-state index in [1.165, 1.54) is 0 Å². The van der Waals surface area contributed by atoms with Crippen LogP contribution >= 0.6 is 0 Å². The second kappa shape index (κ2) is 3.83. The molecule has 0 radical (unpaired) electrons. The lowest BCUT2D eigenvalue weighted by molar-refractivity contribution is -0.119. The van der Waals surface area contributed by atoms with Gasteiger partial charge in [-0.1, -0.05) is 0 Å². The minimum absolute atomic E-state index is 0.122. The summed E-state index contributed by atoms with van der Waals surface area (Å²) in [5.74, 6) is 0.533. The molecule has 0 aliphatic carbocycles. The summed E-state index contributed by atoms with van der Waals surface area (Å²) < 4.78 is 0. The van der Waals surface area contributed by atoms with Gasteiger partial charge in [-0.2, -0.15) is 0 Å². The van der Waals surface area contributed by atoms with Crippen LogP contribution in [0, 0.1) is 5.92 Å². The van der Waals surface area contributed by atoms with Crippen LogP contribution < -0.4 is 11.1 Å². The number of hydrogen-bond donors (Lipinski definition) is 2. The number of hydrogen-bond acceptors (Lipinski definition) is 3. The molecular formula is C8H16N2O. The molecule has 0 unspecified atom stereocenters. The Morgan fingerprint density at radius 1 is 1.55 bits per heavy atom. The predicted molar refractivity (Wildman–Crippen MR) is 44.3 cm³/mol. The van der Waals surface area contributed by atoms with Crippen LogP contribution in [-0.4, -0.2) is 24.9 Å². The third-order valence-electron chi connectivity index (χ3n) is 2.36. The lowest BCUT2D eigenvalue weighted by Crippen LogP contribution is -2.42. The zero-order valence-corrected chi connectivity index (χ0v) is 6.97. The Bertz CT molecular complexity index is 141. The number of nitrogens with two attached hydrogens (primary N) is 1. The van der Waals surface area contributed by atoms with E-state index in [1.54, 1.807) is 6.92 Å². The Morgan fingerprint density at radius 2 is 2.09 bits per heavy atom. The predicted octanol–water partition coefficient (Wildman–Crippen LogP) is -0.0977. The van der Waals surface area contributed by atoms with E-state index in [0.29, 0.717) is 5.92 Å². The Morgan fingerprint density at radius 3 is 2.55 bits per heavy atom. The normalized spacial score (nSPS) is 23.1. The van der Waals surface area contributed by atoms with Crippen molar-refractivity contribution >= 4 is 5.78 Å². The van der Waals surface area contributed by atoms with Gasteiger partial charge in [0.05, 0.1) is 6.04 Å². The molecule has 1 heterocycles. The van der Waals surface area contributed by atoms with Crippen molar-refractivity contribution in [3.8, 4) is 0 Å². The van der Waals surface area contributed by atoms with Crippen molar-refractivity contribution in [1.29, 1.82) is 0 Å². The Labute approximate surface area is 67.3 Å². The maximum Gasteiger partial charge on any atom is 0.146 e. The van der Waals surface area contributed by atoms with Crippen molar-refractivity contribution < 1.29 is 4.79 Å². The number of carbonyl (C=O) groups is 1. The molecule has 11 heavy (non-hydrogen) atoms. The maximum absolute atomic E-state index is 10.9. The van der Waals surface area contributed by atoms with E-state index in [0.717, 1.165) is 25.9 Å². The van der Waals surface area contributed by atoms with Crippen LogP contribution in [0.5, 0.6) is 0 Å². The van der Waals surface area contributed by atoms with E-state index >= 15 is 0 Å². The highest BCUT2D eigenvalue weighted by molar-refractivity contribution is 5.81. The van der Waals surface area contributed by atoms with Crippen molar-refractivity contribution in [3.63, 3.8) is 0 Å². The minimum Gasteiger partial charge on any atom is -0.321 e. The quantitative estimate of drug-likeness (QED) is 0.587. The maximum atomic E-state index is 10.9. The monoisotopic (exact) mass is 156 g/mol. The van der Waals surface area contributed by atoms with Crippen LogP contribution in [0.1, 0.15) is 19.8 Å². The molecule has 0 spiro atoms. The van der Waals surface area contributed by atoms with Crippen LogP contribution in [0.15, 0.2) is 0 Å². The highest BCUT2D eigenvalue weighted by Gasteiger charge is 2.22. The number of nitrogens with one attached hydrogen (secondary N) is 1. The van der Waals surface area contributed by atoms with Gasteiger partial charge in [0.2, 0.25) is 0 Å². The molecule has 1 atom stereocenters. The lowest BCUT2D eigenvalue weighted by atomic mass is 9.89. The fraction of sp³-hybridized carbons (Fsp3) is 0.875. The number of ketones is 1. The number of rotatable bonds is 2. The molecule has 1 saturated heterocycles. The van der Waals surface area contributed by atoms with Gasteiger partial charge < -0.3 is 11.1 Å². The fourth-order valence-electron chi connectivity index (χ4n) is 1.54. The summed E-state index contributed by atoms with van der Waals surface area (Å²) in [6, 6.07) is -0.225. The number of piperidine rings is 1. The zero-order chi connectivity index (χ0) is 8.27. The average Bonchev–Trinajstić information content (AvgIpc) is 2.05. The molecule has 0 amide bonds. The van der Waals surface area contributed by atoms with E-state index in [1.807, 2.05) is 0 Å². The second-order valence-corrected chi connectivity index (χ2v) is 3.22. The second-order valence-electron chi connectivity index (χ2n) is 3.22. The van der Waals surface area contributed by atoms with Gasteiger partial charge >= 0.3 is 0 Å². The van der Waals surface area contributed by atoms with Crippen LogP contribution in [-0.2, 0) is 4.79 Å². The van der Waals surface area contributed by atoms with E-state index in [4.69, 9.17) is 5.73 Å². The van der Waals surface area contributed by atoms with Crippen LogP contribution in [0.4, 0.5) is 0 Å². The van der Waals surface area contributed by atoms with Gasteiger partial charge in [-0.15, -0.1) is 0 Å². The van der Waals surface area contributed by atoms with E-state index in [9.17, 15) is 4.79 Å². The zero-order valence-electron chi connectivity index (χ0n) is 6.97. The summed E-state index contributed by atoms with van der Waals surface area (Å²) in [5.41, 5.74) is 5.71. The SMILES string of the molecule is CC(=O)[C@@H](N)C1CCNCC1. The summed E-state index contributed by atoms with van der Waals surface area (Å²) in [7, 11) is 0. The Balaban J connectivity index is 2.38. The molecule has 1 rings (SSSR count). The molecule has 0 aromatic heterocycles. The van der Waals surface area contributed by atoms with Crippen LogP contribution in [0.3, 0.4) is 0 Å². The summed E-state index contributed by atoms with van der Waals surface area (Å²) in [6.07, 6.45) is 2.08. The van der Waals surface area contributed by atoms with Crippen molar-refractivity contribution in [2.45, 2.75) is 25.8 Å². The largest absolute Gasteiger partial charge is 0.321 e. The van der Waals surface area contributed by atoms with E-state index in [2.05, 4.69) is 5.32 Å². The highest BCUT2D eigenvalue weighted by atomic mass is 16.1. The highest BCUT2D eigenvalue weighted by Crippen LogP contribution is 2.14. The van der Waals surface area contributed by atoms with Gasteiger partial charge in [0.15, 0.2) is 0 Å². The lowest BCUT2D eigenvalue weighted by Gasteiger charge is -2.26.